The largest absolute Gasteiger partial charge is 0.416 e. The maximum atomic E-state index is 14.1. The SMILES string of the molecule is CCN1CCN(Cc2ccc(C(=O)Cc3cccc(-c4ccc5nc(NC(=O)C6CC6)sc5n4)c3)cc2C(F)(F)F)CC1. The fourth-order valence-corrected chi connectivity index (χ4v) is 6.21. The van der Waals surface area contributed by atoms with Crippen LogP contribution in [0.5, 0.6) is 0 Å². The molecule has 1 N–H and O–H groups in total. The Hall–Kier alpha value is -3.67. The summed E-state index contributed by atoms with van der Waals surface area (Å²) in [7, 11) is 0. The molecule has 0 unspecified atom stereocenters. The average Bonchev–Trinajstić information content (AvgIpc) is 3.77. The molecule has 6 rings (SSSR count). The van der Waals surface area contributed by atoms with E-state index in [1.54, 1.807) is 12.1 Å². The second-order valence-corrected chi connectivity index (χ2v) is 12.2. The van der Waals surface area contributed by atoms with Gasteiger partial charge in [-0.3, -0.25) is 14.5 Å². The van der Waals surface area contributed by atoms with E-state index in [0.717, 1.165) is 44.1 Å². The van der Waals surface area contributed by atoms with Gasteiger partial charge in [-0.25, -0.2) is 9.97 Å². The summed E-state index contributed by atoms with van der Waals surface area (Å²) in [5.41, 5.74) is 2.29. The number of hydrogen-bond donors (Lipinski definition) is 1. The number of pyridine rings is 1. The van der Waals surface area contributed by atoms with Gasteiger partial charge in [0.2, 0.25) is 5.91 Å². The summed E-state index contributed by atoms with van der Waals surface area (Å²) in [6, 6.07) is 14.9. The number of ketones is 1. The van der Waals surface area contributed by atoms with Crippen LogP contribution in [0.3, 0.4) is 0 Å². The fraction of sp³-hybridized carbons (Fsp3) is 0.375. The van der Waals surface area contributed by atoms with Crippen LogP contribution < -0.4 is 5.32 Å². The maximum absolute atomic E-state index is 14.1. The Morgan fingerprint density at radius 3 is 2.47 bits per heavy atom. The zero-order chi connectivity index (χ0) is 30.1. The number of anilines is 1. The van der Waals surface area contributed by atoms with Crippen LogP contribution in [0.4, 0.5) is 18.3 Å². The number of thiazole rings is 1. The lowest BCUT2D eigenvalue weighted by atomic mass is 9.96. The van der Waals surface area contributed by atoms with Gasteiger partial charge in [0.25, 0.3) is 0 Å². The van der Waals surface area contributed by atoms with E-state index in [9.17, 15) is 22.8 Å². The second-order valence-electron chi connectivity index (χ2n) is 11.2. The van der Waals surface area contributed by atoms with E-state index in [0.29, 0.717) is 39.8 Å². The van der Waals surface area contributed by atoms with Crippen molar-refractivity contribution < 1.29 is 22.8 Å². The summed E-state index contributed by atoms with van der Waals surface area (Å²) in [5.74, 6) is -0.322. The molecule has 1 aliphatic heterocycles. The minimum atomic E-state index is -4.56. The Morgan fingerprint density at radius 2 is 1.74 bits per heavy atom. The van der Waals surface area contributed by atoms with E-state index in [2.05, 4.69) is 22.1 Å². The van der Waals surface area contributed by atoms with Crippen LogP contribution in [-0.2, 0) is 23.9 Å². The van der Waals surface area contributed by atoms with Gasteiger partial charge in [-0.2, -0.15) is 13.2 Å². The van der Waals surface area contributed by atoms with Gasteiger partial charge < -0.3 is 10.2 Å². The first-order valence-corrected chi connectivity index (χ1v) is 15.3. The third kappa shape index (κ3) is 6.95. The number of benzene rings is 2. The van der Waals surface area contributed by atoms with Crippen molar-refractivity contribution in [1.29, 1.82) is 0 Å². The molecule has 0 radical (unpaired) electrons. The molecular weight excluding hydrogens is 575 g/mol. The highest BCUT2D eigenvalue weighted by Gasteiger charge is 2.35. The van der Waals surface area contributed by atoms with E-state index in [1.165, 1.54) is 23.5 Å². The number of fused-ring (bicyclic) bond motifs is 1. The van der Waals surface area contributed by atoms with Crippen LogP contribution in [-0.4, -0.2) is 64.2 Å². The molecule has 0 atom stereocenters. The van der Waals surface area contributed by atoms with E-state index < -0.39 is 11.7 Å². The van der Waals surface area contributed by atoms with Crippen LogP contribution in [0.15, 0.2) is 54.6 Å². The van der Waals surface area contributed by atoms with Gasteiger partial charge in [0.1, 0.15) is 10.3 Å². The molecule has 0 bridgehead atoms. The minimum absolute atomic E-state index is 0.0147. The molecular formula is C32H32F3N5O2S. The van der Waals surface area contributed by atoms with Gasteiger partial charge in [-0.15, -0.1) is 0 Å². The Balaban J connectivity index is 1.17. The summed E-state index contributed by atoms with van der Waals surface area (Å²) >= 11 is 1.30. The number of amides is 1. The van der Waals surface area contributed by atoms with Crippen LogP contribution in [0.2, 0.25) is 0 Å². The Labute approximate surface area is 251 Å². The molecule has 4 aromatic rings. The molecule has 0 spiro atoms. The predicted molar refractivity (Wildman–Crippen MR) is 161 cm³/mol. The van der Waals surface area contributed by atoms with Crippen LogP contribution in [0.1, 0.15) is 46.8 Å². The van der Waals surface area contributed by atoms with Crippen molar-refractivity contribution in [1.82, 2.24) is 19.8 Å². The number of likely N-dealkylation sites (N-methyl/N-ethyl adjacent to an activating group) is 1. The number of hydrogen-bond acceptors (Lipinski definition) is 7. The van der Waals surface area contributed by atoms with Crippen molar-refractivity contribution >= 4 is 38.5 Å². The van der Waals surface area contributed by atoms with E-state index in [4.69, 9.17) is 4.98 Å². The van der Waals surface area contributed by atoms with E-state index in [-0.39, 0.29) is 41.7 Å². The lowest BCUT2D eigenvalue weighted by Crippen LogP contribution is -2.45. The first-order valence-electron chi connectivity index (χ1n) is 14.5. The second kappa shape index (κ2) is 12.1. The maximum Gasteiger partial charge on any atom is 0.416 e. The molecule has 1 aliphatic carbocycles. The first kappa shape index (κ1) is 29.4. The van der Waals surface area contributed by atoms with Crippen molar-refractivity contribution in [3.05, 3.63) is 76.9 Å². The molecule has 2 fully saturated rings. The monoisotopic (exact) mass is 607 g/mol. The van der Waals surface area contributed by atoms with Crippen molar-refractivity contribution in [3.8, 4) is 11.3 Å². The highest BCUT2D eigenvalue weighted by atomic mass is 32.1. The molecule has 7 nitrogen and oxygen atoms in total. The Morgan fingerprint density at radius 1 is 0.977 bits per heavy atom. The summed E-state index contributed by atoms with van der Waals surface area (Å²) in [6.07, 6.45) is -2.78. The summed E-state index contributed by atoms with van der Waals surface area (Å²) in [5, 5.41) is 3.37. The number of carbonyl (C=O) groups excluding carboxylic acids is 2. The molecule has 2 aromatic heterocycles. The van der Waals surface area contributed by atoms with Gasteiger partial charge in [-0.1, -0.05) is 48.6 Å². The first-order chi connectivity index (χ1) is 20.7. The molecule has 1 amide bonds. The number of nitrogens with zero attached hydrogens (tertiary/aromatic N) is 4. The molecule has 1 saturated carbocycles. The predicted octanol–water partition coefficient (Wildman–Crippen LogP) is 6.29. The number of nitrogens with one attached hydrogen (secondary N) is 1. The van der Waals surface area contributed by atoms with Crippen molar-refractivity contribution in [2.24, 2.45) is 5.92 Å². The van der Waals surface area contributed by atoms with Crippen LogP contribution in [0, 0.1) is 5.92 Å². The molecule has 1 saturated heterocycles. The van der Waals surface area contributed by atoms with Gasteiger partial charge in [0.05, 0.1) is 11.3 Å². The van der Waals surface area contributed by atoms with Gasteiger partial charge in [0, 0.05) is 56.2 Å². The normalized spacial score (nSPS) is 16.5. The topological polar surface area (TPSA) is 78.4 Å². The van der Waals surface area contributed by atoms with Crippen LogP contribution in [0.25, 0.3) is 21.6 Å². The van der Waals surface area contributed by atoms with Gasteiger partial charge in [0.15, 0.2) is 10.9 Å². The molecule has 11 heteroatoms. The Kier molecular flexibility index (Phi) is 8.30. The number of aromatic nitrogens is 2. The third-order valence-corrected chi connectivity index (χ3v) is 8.95. The van der Waals surface area contributed by atoms with Crippen LogP contribution >= 0.6 is 11.3 Å². The number of carbonyl (C=O) groups is 2. The highest BCUT2D eigenvalue weighted by molar-refractivity contribution is 7.22. The van der Waals surface area contributed by atoms with E-state index in [1.807, 2.05) is 29.2 Å². The van der Waals surface area contributed by atoms with Crippen molar-refractivity contribution in [2.45, 2.75) is 38.9 Å². The number of piperazine rings is 1. The fourth-order valence-electron chi connectivity index (χ4n) is 5.37. The molecule has 3 heterocycles. The molecule has 43 heavy (non-hydrogen) atoms. The van der Waals surface area contributed by atoms with Gasteiger partial charge in [-0.05, 0) is 54.8 Å². The zero-order valence-electron chi connectivity index (χ0n) is 23.8. The minimum Gasteiger partial charge on any atom is -0.302 e. The summed E-state index contributed by atoms with van der Waals surface area (Å²) < 4.78 is 42.2. The number of Topliss-reactive ketones (excluding diaryl/α,β-unsaturated/α-hetero) is 1. The number of rotatable bonds is 9. The zero-order valence-corrected chi connectivity index (χ0v) is 24.6. The van der Waals surface area contributed by atoms with Crippen molar-refractivity contribution in [2.75, 3.05) is 38.0 Å². The Bertz CT molecular complexity index is 1660. The highest BCUT2D eigenvalue weighted by Crippen LogP contribution is 2.35. The quantitative estimate of drug-likeness (QED) is 0.226. The summed E-state index contributed by atoms with van der Waals surface area (Å²) in [4.78, 5) is 39.4. The average molecular weight is 608 g/mol. The summed E-state index contributed by atoms with van der Waals surface area (Å²) in [6.45, 7) is 6.31. The van der Waals surface area contributed by atoms with Crippen molar-refractivity contribution in [3.63, 3.8) is 0 Å². The number of alkyl halides is 3. The molecule has 2 aromatic carbocycles. The standard InChI is InChI=1S/C32H32F3N5O2S/c1-2-39-12-14-40(15-13-39)19-24-9-8-23(18-25(24)32(33,34)35)28(41)17-20-4-3-5-22(16-20)26-10-11-27-30(36-26)43-31(37-27)38-29(42)21-6-7-21/h3-5,8-11,16,18,21H,2,6-7,12-15,17,19H2,1H3,(H,37,38,42). The molecule has 224 valence electrons. The number of halogens is 3. The smallest absolute Gasteiger partial charge is 0.302 e. The molecule has 2 aliphatic rings. The van der Waals surface area contributed by atoms with E-state index >= 15 is 0 Å². The lowest BCUT2D eigenvalue weighted by Gasteiger charge is -2.34. The third-order valence-electron chi connectivity index (χ3n) is 8.06. The lowest BCUT2D eigenvalue weighted by molar-refractivity contribution is -0.138. The van der Waals surface area contributed by atoms with Gasteiger partial charge >= 0.3 is 6.18 Å².